The van der Waals surface area contributed by atoms with Crippen LogP contribution in [0, 0.1) is 6.92 Å². The van der Waals surface area contributed by atoms with E-state index in [4.69, 9.17) is 0 Å². The molecule has 100 valence electrons. The van der Waals surface area contributed by atoms with Crippen LogP contribution in [0.1, 0.15) is 22.9 Å². The molecule has 4 nitrogen and oxygen atoms in total. The van der Waals surface area contributed by atoms with E-state index in [-0.39, 0.29) is 12.1 Å². The van der Waals surface area contributed by atoms with Gasteiger partial charge >= 0.3 is 6.03 Å². The summed E-state index contributed by atoms with van der Waals surface area (Å²) in [6.45, 7) is 4.73. The number of carbonyl (C=O) groups is 1. The molecule has 0 radical (unpaired) electrons. The Kier molecular flexibility index (Phi) is 4.24. The average molecular weight is 267 g/mol. The fourth-order valence-electron chi connectivity index (χ4n) is 2.38. The highest BCUT2D eigenvalue weighted by molar-refractivity contribution is 7.10. The van der Waals surface area contributed by atoms with Crippen molar-refractivity contribution >= 4 is 17.4 Å². The summed E-state index contributed by atoms with van der Waals surface area (Å²) in [6.07, 6.45) is 1.01. The highest BCUT2D eigenvalue weighted by Gasteiger charge is 2.36. The number of likely N-dealkylation sites (N-methyl/N-ethyl adjacent to an activating group) is 1. The van der Waals surface area contributed by atoms with Crippen molar-refractivity contribution in [2.24, 2.45) is 0 Å². The predicted octanol–water partition coefficient (Wildman–Crippen LogP) is 2.07. The smallest absolute Gasteiger partial charge is 0.320 e. The summed E-state index contributed by atoms with van der Waals surface area (Å²) in [5, 5.41) is 5.22. The van der Waals surface area contributed by atoms with E-state index in [2.05, 4.69) is 23.7 Å². The third-order valence-electron chi connectivity index (χ3n) is 3.49. The Labute approximate surface area is 113 Å². The Hall–Kier alpha value is -1.07. The van der Waals surface area contributed by atoms with Crippen LogP contribution < -0.4 is 5.32 Å². The lowest BCUT2D eigenvalue weighted by Gasteiger charge is -2.17. The number of amides is 2. The molecule has 1 aliphatic rings. The van der Waals surface area contributed by atoms with Crippen LogP contribution in [-0.4, -0.2) is 49.6 Å². The van der Waals surface area contributed by atoms with Gasteiger partial charge in [0.2, 0.25) is 0 Å². The second kappa shape index (κ2) is 5.71. The van der Waals surface area contributed by atoms with Crippen LogP contribution in [0.2, 0.25) is 0 Å². The molecule has 1 aromatic rings. The fraction of sp³-hybridized carbons (Fsp3) is 0.615. The zero-order chi connectivity index (χ0) is 13.1. The number of hydrogen-bond acceptors (Lipinski definition) is 3. The molecule has 5 heteroatoms. The first kappa shape index (κ1) is 13.4. The van der Waals surface area contributed by atoms with Gasteiger partial charge in [0.05, 0.1) is 6.04 Å². The summed E-state index contributed by atoms with van der Waals surface area (Å²) in [5.74, 6) is 0. The molecule has 18 heavy (non-hydrogen) atoms. The van der Waals surface area contributed by atoms with Gasteiger partial charge in [0.25, 0.3) is 0 Å². The number of carbonyl (C=O) groups excluding carboxylic acids is 1. The second-order valence-corrected chi connectivity index (χ2v) is 5.73. The number of nitrogens with one attached hydrogen (secondary N) is 1. The number of urea groups is 1. The third-order valence-corrected chi connectivity index (χ3v) is 4.61. The van der Waals surface area contributed by atoms with Crippen molar-refractivity contribution < 1.29 is 4.79 Å². The summed E-state index contributed by atoms with van der Waals surface area (Å²) in [5.41, 5.74) is 1.29. The van der Waals surface area contributed by atoms with Gasteiger partial charge in [0, 0.05) is 25.0 Å². The second-order valence-electron chi connectivity index (χ2n) is 4.78. The lowest BCUT2D eigenvalue weighted by molar-refractivity contribution is 0.195. The SMILES string of the molecule is CNCCCN1CC(c2sccc2C)N(C)C1=O. The molecule has 1 saturated heterocycles. The van der Waals surface area contributed by atoms with Crippen LogP contribution in [-0.2, 0) is 0 Å². The molecule has 1 aliphatic heterocycles. The summed E-state index contributed by atoms with van der Waals surface area (Å²) < 4.78 is 0. The normalized spacial score (nSPS) is 19.9. The molecule has 0 aliphatic carbocycles. The van der Waals surface area contributed by atoms with Gasteiger partial charge in [-0.15, -0.1) is 11.3 Å². The molecule has 2 rings (SSSR count). The molecule has 0 spiro atoms. The summed E-state index contributed by atoms with van der Waals surface area (Å²) in [7, 11) is 3.85. The topological polar surface area (TPSA) is 35.6 Å². The Morgan fingerprint density at radius 1 is 1.56 bits per heavy atom. The Morgan fingerprint density at radius 2 is 2.33 bits per heavy atom. The van der Waals surface area contributed by atoms with E-state index in [1.165, 1.54) is 10.4 Å². The first-order chi connectivity index (χ1) is 8.65. The molecule has 0 aromatic carbocycles. The number of aryl methyl sites for hydroxylation is 1. The third kappa shape index (κ3) is 2.52. The highest BCUT2D eigenvalue weighted by atomic mass is 32.1. The molecule has 0 bridgehead atoms. The van der Waals surface area contributed by atoms with Gasteiger partial charge in [-0.3, -0.25) is 0 Å². The van der Waals surface area contributed by atoms with Crippen LogP contribution in [0.3, 0.4) is 0 Å². The van der Waals surface area contributed by atoms with Gasteiger partial charge in [0.15, 0.2) is 0 Å². The Bertz CT molecular complexity index is 418. The van der Waals surface area contributed by atoms with E-state index < -0.39 is 0 Å². The quantitative estimate of drug-likeness (QED) is 0.829. The van der Waals surface area contributed by atoms with E-state index in [1.807, 2.05) is 23.9 Å². The summed E-state index contributed by atoms with van der Waals surface area (Å²) >= 11 is 1.75. The van der Waals surface area contributed by atoms with Crippen molar-refractivity contribution in [1.29, 1.82) is 0 Å². The number of thiophene rings is 1. The monoisotopic (exact) mass is 267 g/mol. The van der Waals surface area contributed by atoms with Crippen LogP contribution in [0.4, 0.5) is 4.79 Å². The van der Waals surface area contributed by atoms with Gasteiger partial charge in [0.1, 0.15) is 0 Å². The zero-order valence-electron chi connectivity index (χ0n) is 11.3. The van der Waals surface area contributed by atoms with E-state index in [1.54, 1.807) is 11.3 Å². The molecular weight excluding hydrogens is 246 g/mol. The van der Waals surface area contributed by atoms with Crippen molar-refractivity contribution in [3.63, 3.8) is 0 Å². The van der Waals surface area contributed by atoms with Crippen LogP contribution in [0.5, 0.6) is 0 Å². The van der Waals surface area contributed by atoms with Crippen molar-refractivity contribution in [3.8, 4) is 0 Å². The average Bonchev–Trinajstić information content (AvgIpc) is 2.88. The first-order valence-corrected chi connectivity index (χ1v) is 7.23. The number of hydrogen-bond donors (Lipinski definition) is 1. The Balaban J connectivity index is 2.03. The van der Waals surface area contributed by atoms with Gasteiger partial charge in [-0.2, -0.15) is 0 Å². The summed E-state index contributed by atoms with van der Waals surface area (Å²) in [4.78, 5) is 17.3. The number of rotatable bonds is 5. The molecular formula is C13H21N3OS. The molecule has 1 unspecified atom stereocenters. The zero-order valence-corrected chi connectivity index (χ0v) is 12.1. The van der Waals surface area contributed by atoms with Crippen molar-refractivity contribution in [3.05, 3.63) is 21.9 Å². The molecule has 1 N–H and O–H groups in total. The maximum absolute atomic E-state index is 12.2. The van der Waals surface area contributed by atoms with E-state index in [0.29, 0.717) is 0 Å². The van der Waals surface area contributed by atoms with Crippen LogP contribution in [0.15, 0.2) is 11.4 Å². The van der Waals surface area contributed by atoms with Crippen molar-refractivity contribution in [1.82, 2.24) is 15.1 Å². The number of nitrogens with zero attached hydrogens (tertiary/aromatic N) is 2. The lowest BCUT2D eigenvalue weighted by atomic mass is 10.1. The molecule has 1 atom stereocenters. The van der Waals surface area contributed by atoms with Gasteiger partial charge in [-0.1, -0.05) is 0 Å². The molecule has 1 fully saturated rings. The van der Waals surface area contributed by atoms with E-state index in [9.17, 15) is 4.79 Å². The minimum absolute atomic E-state index is 0.156. The lowest BCUT2D eigenvalue weighted by Crippen LogP contribution is -2.31. The highest BCUT2D eigenvalue weighted by Crippen LogP contribution is 2.33. The van der Waals surface area contributed by atoms with E-state index in [0.717, 1.165) is 26.1 Å². The Morgan fingerprint density at radius 3 is 2.94 bits per heavy atom. The van der Waals surface area contributed by atoms with Gasteiger partial charge < -0.3 is 15.1 Å². The maximum Gasteiger partial charge on any atom is 0.320 e. The van der Waals surface area contributed by atoms with Crippen molar-refractivity contribution in [2.75, 3.05) is 33.7 Å². The van der Waals surface area contributed by atoms with E-state index >= 15 is 0 Å². The molecule has 2 heterocycles. The van der Waals surface area contributed by atoms with Crippen LogP contribution >= 0.6 is 11.3 Å². The first-order valence-electron chi connectivity index (χ1n) is 6.35. The minimum atomic E-state index is 0.156. The largest absolute Gasteiger partial charge is 0.322 e. The predicted molar refractivity (Wildman–Crippen MR) is 75.1 cm³/mol. The minimum Gasteiger partial charge on any atom is -0.322 e. The standard InChI is InChI=1S/C13H21N3OS/c1-10-5-8-18-12(10)11-9-16(7-4-6-14-2)13(17)15(11)3/h5,8,11,14H,4,6-7,9H2,1-3H3. The molecule has 2 amide bonds. The van der Waals surface area contributed by atoms with Gasteiger partial charge in [-0.05, 0) is 43.9 Å². The summed E-state index contributed by atoms with van der Waals surface area (Å²) in [6, 6.07) is 2.51. The molecule has 0 saturated carbocycles. The van der Waals surface area contributed by atoms with Crippen molar-refractivity contribution in [2.45, 2.75) is 19.4 Å². The van der Waals surface area contributed by atoms with Crippen LogP contribution in [0.25, 0.3) is 0 Å². The maximum atomic E-state index is 12.2. The molecule has 1 aromatic heterocycles. The van der Waals surface area contributed by atoms with Gasteiger partial charge in [-0.25, -0.2) is 4.79 Å². The fourth-order valence-corrected chi connectivity index (χ4v) is 3.45.